The van der Waals surface area contributed by atoms with Crippen LogP contribution in [0.15, 0.2) is 66.9 Å². The molecule has 0 saturated carbocycles. The molecule has 1 saturated heterocycles. The minimum atomic E-state index is -0.397. The normalized spacial score (nSPS) is 13.0. The summed E-state index contributed by atoms with van der Waals surface area (Å²) in [5.74, 6) is 0.129. The van der Waals surface area contributed by atoms with Crippen LogP contribution in [0.4, 0.5) is 5.13 Å². The molecule has 0 aliphatic carbocycles. The molecule has 0 radical (unpaired) electrons. The minimum absolute atomic E-state index is 0.00996. The molecule has 214 valence electrons. The Morgan fingerprint density at radius 3 is 2.56 bits per heavy atom. The van der Waals surface area contributed by atoms with Crippen LogP contribution < -0.4 is 10.1 Å². The number of carbonyl (C=O) groups is 2. The first-order valence-electron chi connectivity index (χ1n) is 13.5. The van der Waals surface area contributed by atoms with E-state index in [4.69, 9.17) is 14.5 Å². The van der Waals surface area contributed by atoms with Gasteiger partial charge in [-0.2, -0.15) is 5.26 Å². The fourth-order valence-corrected chi connectivity index (χ4v) is 5.71. The van der Waals surface area contributed by atoms with Crippen molar-refractivity contribution in [1.29, 1.82) is 5.26 Å². The predicted molar refractivity (Wildman–Crippen MR) is 163 cm³/mol. The molecule has 11 heteroatoms. The topological polar surface area (TPSA) is 130 Å². The van der Waals surface area contributed by atoms with Crippen molar-refractivity contribution in [2.75, 3.05) is 38.7 Å². The predicted octanol–water partition coefficient (Wildman–Crippen LogP) is 5.33. The van der Waals surface area contributed by atoms with Crippen molar-refractivity contribution >= 4 is 38.6 Å². The number of nitriles is 1. The fraction of sp³-hybridized carbons (Fsp3) is 0.188. The molecule has 0 unspecified atom stereocenters. The molecule has 1 fully saturated rings. The van der Waals surface area contributed by atoms with Crippen molar-refractivity contribution in [2.24, 2.45) is 0 Å². The van der Waals surface area contributed by atoms with Gasteiger partial charge in [0.1, 0.15) is 16.1 Å². The van der Waals surface area contributed by atoms with Crippen molar-refractivity contribution in [3.8, 4) is 34.2 Å². The van der Waals surface area contributed by atoms with Gasteiger partial charge in [-0.3, -0.25) is 19.9 Å². The number of anilines is 1. The van der Waals surface area contributed by atoms with Gasteiger partial charge in [-0.15, -0.1) is 0 Å². The third kappa shape index (κ3) is 5.79. The average Bonchev–Trinajstić information content (AvgIpc) is 3.46. The number of amides is 2. The second-order valence-electron chi connectivity index (χ2n) is 9.87. The SMILES string of the molecule is COc1ccc(C#N)cc1-c1cc(C)ncc1C(=O)Nc1nc2ccc(-c3ccc(C(=O)N4CCOCC4)cc3)nc2s1. The standard InChI is InChI=1S/C32H26N6O4S/c1-19-15-23(24-16-20(17-33)3-10-28(24)41-2)25(18-34-19)29(39)37-32-36-27-9-8-26(35-30(27)43-32)21-4-6-22(7-5-21)31(40)38-11-13-42-14-12-38/h3-10,15-16,18H,11-14H2,1-2H3,(H,36,37,39). The monoisotopic (exact) mass is 590 g/mol. The maximum Gasteiger partial charge on any atom is 0.259 e. The van der Waals surface area contributed by atoms with E-state index in [-0.39, 0.29) is 5.91 Å². The molecule has 10 nitrogen and oxygen atoms in total. The Morgan fingerprint density at radius 1 is 1.02 bits per heavy atom. The fourth-order valence-electron chi connectivity index (χ4n) is 4.88. The van der Waals surface area contributed by atoms with Crippen LogP contribution in [0.1, 0.15) is 32.0 Å². The van der Waals surface area contributed by atoms with E-state index in [2.05, 4.69) is 21.4 Å². The number of thiazole rings is 1. The van der Waals surface area contributed by atoms with Gasteiger partial charge < -0.3 is 14.4 Å². The molecule has 3 aromatic heterocycles. The van der Waals surface area contributed by atoms with Gasteiger partial charge in [0.15, 0.2) is 5.13 Å². The molecule has 0 spiro atoms. The molecule has 5 aromatic rings. The number of aromatic nitrogens is 3. The van der Waals surface area contributed by atoms with Crippen molar-refractivity contribution < 1.29 is 19.1 Å². The van der Waals surface area contributed by atoms with E-state index < -0.39 is 5.91 Å². The smallest absolute Gasteiger partial charge is 0.259 e. The number of rotatable bonds is 6. The first-order chi connectivity index (χ1) is 20.9. The van der Waals surface area contributed by atoms with Crippen LogP contribution in [0, 0.1) is 18.3 Å². The Labute approximate surface area is 251 Å². The number of nitrogens with one attached hydrogen (secondary N) is 1. The van der Waals surface area contributed by atoms with Crippen LogP contribution in [-0.2, 0) is 4.74 Å². The number of hydrogen-bond acceptors (Lipinski definition) is 9. The van der Waals surface area contributed by atoms with E-state index in [1.165, 1.54) is 17.5 Å². The zero-order valence-electron chi connectivity index (χ0n) is 23.5. The van der Waals surface area contributed by atoms with Gasteiger partial charge in [-0.05, 0) is 55.5 Å². The summed E-state index contributed by atoms with van der Waals surface area (Å²) in [6.45, 7) is 4.12. The summed E-state index contributed by atoms with van der Waals surface area (Å²) in [5, 5.41) is 12.7. The Bertz CT molecular complexity index is 1890. The summed E-state index contributed by atoms with van der Waals surface area (Å²) in [7, 11) is 1.54. The lowest BCUT2D eigenvalue weighted by Gasteiger charge is -2.26. The molecule has 1 N–H and O–H groups in total. The first kappa shape index (κ1) is 28.0. The highest BCUT2D eigenvalue weighted by Crippen LogP contribution is 2.34. The van der Waals surface area contributed by atoms with Gasteiger partial charge in [0.05, 0.1) is 43.2 Å². The third-order valence-electron chi connectivity index (χ3n) is 7.11. The molecular weight excluding hydrogens is 564 g/mol. The lowest BCUT2D eigenvalue weighted by atomic mass is 9.97. The zero-order valence-corrected chi connectivity index (χ0v) is 24.3. The minimum Gasteiger partial charge on any atom is -0.496 e. The van der Waals surface area contributed by atoms with E-state index in [1.54, 1.807) is 36.3 Å². The van der Waals surface area contributed by atoms with Crippen molar-refractivity contribution in [3.05, 3.63) is 89.2 Å². The van der Waals surface area contributed by atoms with Crippen molar-refractivity contribution in [3.63, 3.8) is 0 Å². The molecule has 1 aliphatic rings. The lowest BCUT2D eigenvalue weighted by Crippen LogP contribution is -2.40. The summed E-state index contributed by atoms with van der Waals surface area (Å²) in [6.07, 6.45) is 1.51. The van der Waals surface area contributed by atoms with Gasteiger partial charge in [-0.1, -0.05) is 23.5 Å². The van der Waals surface area contributed by atoms with Crippen molar-refractivity contribution in [2.45, 2.75) is 6.92 Å². The number of hydrogen-bond donors (Lipinski definition) is 1. The molecule has 0 atom stereocenters. The molecule has 43 heavy (non-hydrogen) atoms. The number of fused-ring (bicyclic) bond motifs is 1. The molecule has 1 aliphatic heterocycles. The Balaban J connectivity index is 1.24. The molecule has 2 aromatic carbocycles. The summed E-state index contributed by atoms with van der Waals surface area (Å²) < 4.78 is 10.9. The number of pyridine rings is 2. The highest BCUT2D eigenvalue weighted by atomic mass is 32.1. The number of morpholine rings is 1. The number of ether oxygens (including phenoxy) is 2. The van der Waals surface area contributed by atoms with Gasteiger partial charge in [0, 0.05) is 47.2 Å². The van der Waals surface area contributed by atoms with Crippen LogP contribution in [0.2, 0.25) is 0 Å². The second kappa shape index (κ2) is 12.0. The zero-order chi connectivity index (χ0) is 29.9. The molecular formula is C32H26N6O4S. The first-order valence-corrected chi connectivity index (χ1v) is 14.4. The third-order valence-corrected chi connectivity index (χ3v) is 7.99. The maximum atomic E-state index is 13.5. The van der Waals surface area contributed by atoms with E-state index in [1.807, 2.05) is 43.3 Å². The van der Waals surface area contributed by atoms with Crippen LogP contribution in [0.5, 0.6) is 5.75 Å². The van der Waals surface area contributed by atoms with Gasteiger partial charge >= 0.3 is 0 Å². The van der Waals surface area contributed by atoms with E-state index >= 15 is 0 Å². The lowest BCUT2D eigenvalue weighted by molar-refractivity contribution is 0.0303. The van der Waals surface area contributed by atoms with Gasteiger partial charge in [0.25, 0.3) is 11.8 Å². The Kier molecular flexibility index (Phi) is 7.79. The number of carbonyl (C=O) groups excluding carboxylic acids is 2. The van der Waals surface area contributed by atoms with E-state index in [9.17, 15) is 14.9 Å². The molecule has 6 rings (SSSR count). The number of aryl methyl sites for hydroxylation is 1. The van der Waals surface area contributed by atoms with E-state index in [0.717, 1.165) is 11.3 Å². The molecule has 0 bridgehead atoms. The quantitative estimate of drug-likeness (QED) is 0.281. The van der Waals surface area contributed by atoms with Crippen LogP contribution in [0.3, 0.4) is 0 Å². The van der Waals surface area contributed by atoms with Gasteiger partial charge in [-0.25, -0.2) is 9.97 Å². The van der Waals surface area contributed by atoms with E-state index in [0.29, 0.717) is 81.0 Å². The summed E-state index contributed by atoms with van der Waals surface area (Å²) in [4.78, 5) is 42.4. The highest BCUT2D eigenvalue weighted by Gasteiger charge is 2.21. The number of methoxy groups -OCH3 is 1. The Hall–Kier alpha value is -5.18. The maximum absolute atomic E-state index is 13.5. The van der Waals surface area contributed by atoms with Gasteiger partial charge in [0.2, 0.25) is 0 Å². The molecule has 4 heterocycles. The number of benzene rings is 2. The number of nitrogens with zero attached hydrogens (tertiary/aromatic N) is 5. The molecule has 2 amide bonds. The van der Waals surface area contributed by atoms with Crippen LogP contribution in [0.25, 0.3) is 32.7 Å². The van der Waals surface area contributed by atoms with Crippen molar-refractivity contribution in [1.82, 2.24) is 19.9 Å². The Morgan fingerprint density at radius 2 is 1.81 bits per heavy atom. The summed E-state index contributed by atoms with van der Waals surface area (Å²) >= 11 is 1.26. The summed E-state index contributed by atoms with van der Waals surface area (Å²) in [6, 6.07) is 20.1. The summed E-state index contributed by atoms with van der Waals surface area (Å²) in [5.41, 5.74) is 5.55. The van der Waals surface area contributed by atoms with Crippen LogP contribution in [-0.4, -0.2) is 65.1 Å². The second-order valence-corrected chi connectivity index (χ2v) is 10.9. The average molecular weight is 591 g/mol. The largest absolute Gasteiger partial charge is 0.496 e. The highest BCUT2D eigenvalue weighted by molar-refractivity contribution is 7.22. The van der Waals surface area contributed by atoms with Crippen LogP contribution >= 0.6 is 11.3 Å².